The SMILES string of the molecule is CNC(=O)N(O)c1ccc2c(c1)CCCN2Cc1ccc(Cl)cc1. The van der Waals surface area contributed by atoms with Gasteiger partial charge in [0.15, 0.2) is 0 Å². The fourth-order valence-corrected chi connectivity index (χ4v) is 3.12. The van der Waals surface area contributed by atoms with Crippen molar-refractivity contribution in [3.05, 3.63) is 58.6 Å². The van der Waals surface area contributed by atoms with E-state index in [1.54, 1.807) is 6.07 Å². The van der Waals surface area contributed by atoms with E-state index in [2.05, 4.69) is 10.2 Å². The van der Waals surface area contributed by atoms with Gasteiger partial charge in [0.05, 0.1) is 5.69 Å². The van der Waals surface area contributed by atoms with Crippen LogP contribution in [-0.4, -0.2) is 24.8 Å². The first-order valence-electron chi connectivity index (χ1n) is 7.91. The molecule has 0 unspecified atom stereocenters. The number of fused-ring (bicyclic) bond motifs is 1. The van der Waals surface area contributed by atoms with E-state index in [1.165, 1.54) is 12.6 Å². The number of urea groups is 1. The number of hydroxylamine groups is 1. The zero-order valence-electron chi connectivity index (χ0n) is 13.5. The van der Waals surface area contributed by atoms with Gasteiger partial charge >= 0.3 is 6.03 Å². The maximum absolute atomic E-state index is 11.6. The van der Waals surface area contributed by atoms with Crippen molar-refractivity contribution in [3.8, 4) is 0 Å². The molecule has 0 bridgehead atoms. The molecule has 0 fully saturated rings. The Hall–Kier alpha value is -2.24. The standard InChI is InChI=1S/C18H20ClN3O2/c1-20-18(23)22(24)16-8-9-17-14(11-16)3-2-10-21(17)12-13-4-6-15(19)7-5-13/h4-9,11,24H,2-3,10,12H2,1H3,(H,20,23). The van der Waals surface area contributed by atoms with Crippen LogP contribution in [0.25, 0.3) is 0 Å². The molecule has 0 aliphatic carbocycles. The van der Waals surface area contributed by atoms with Gasteiger partial charge in [-0.2, -0.15) is 5.06 Å². The number of amides is 2. The van der Waals surface area contributed by atoms with Crippen molar-refractivity contribution in [1.82, 2.24) is 5.32 Å². The molecular formula is C18H20ClN3O2. The highest BCUT2D eigenvalue weighted by molar-refractivity contribution is 6.30. The first-order valence-corrected chi connectivity index (χ1v) is 8.29. The van der Waals surface area contributed by atoms with Gasteiger partial charge in [0.1, 0.15) is 0 Å². The second-order valence-electron chi connectivity index (χ2n) is 5.83. The molecule has 5 nitrogen and oxygen atoms in total. The van der Waals surface area contributed by atoms with Crippen molar-refractivity contribution >= 4 is 29.0 Å². The number of aryl methyl sites for hydroxylation is 1. The normalized spacial score (nSPS) is 13.4. The molecule has 0 radical (unpaired) electrons. The van der Waals surface area contributed by atoms with E-state index in [9.17, 15) is 10.0 Å². The summed E-state index contributed by atoms with van der Waals surface area (Å²) < 4.78 is 0. The zero-order chi connectivity index (χ0) is 17.1. The number of rotatable bonds is 3. The maximum Gasteiger partial charge on any atom is 0.345 e. The van der Waals surface area contributed by atoms with Crippen molar-refractivity contribution < 1.29 is 10.0 Å². The molecule has 0 atom stereocenters. The molecular weight excluding hydrogens is 326 g/mol. The van der Waals surface area contributed by atoms with Crippen LogP contribution in [0.1, 0.15) is 17.5 Å². The van der Waals surface area contributed by atoms with Crippen molar-refractivity contribution in [2.24, 2.45) is 0 Å². The van der Waals surface area contributed by atoms with Gasteiger partial charge in [-0.3, -0.25) is 5.21 Å². The molecule has 1 heterocycles. The monoisotopic (exact) mass is 345 g/mol. The number of nitrogens with zero attached hydrogens (tertiary/aromatic N) is 2. The predicted molar refractivity (Wildman–Crippen MR) is 96.0 cm³/mol. The molecule has 0 saturated carbocycles. The molecule has 3 rings (SSSR count). The second-order valence-corrected chi connectivity index (χ2v) is 6.27. The van der Waals surface area contributed by atoms with Gasteiger partial charge in [0, 0.05) is 30.8 Å². The van der Waals surface area contributed by atoms with Gasteiger partial charge in [0.25, 0.3) is 0 Å². The van der Waals surface area contributed by atoms with E-state index in [4.69, 9.17) is 11.6 Å². The molecule has 126 valence electrons. The summed E-state index contributed by atoms with van der Waals surface area (Å²) in [5, 5.41) is 13.7. The quantitative estimate of drug-likeness (QED) is 0.656. The van der Waals surface area contributed by atoms with Crippen LogP contribution in [0, 0.1) is 0 Å². The van der Waals surface area contributed by atoms with Crippen LogP contribution in [0.2, 0.25) is 5.02 Å². The first kappa shape index (κ1) is 16.6. The Bertz CT molecular complexity index is 734. The highest BCUT2D eigenvalue weighted by Gasteiger charge is 2.20. The third kappa shape index (κ3) is 3.47. The van der Waals surface area contributed by atoms with Crippen LogP contribution in [-0.2, 0) is 13.0 Å². The molecule has 2 aromatic rings. The third-order valence-corrected chi connectivity index (χ3v) is 4.47. The summed E-state index contributed by atoms with van der Waals surface area (Å²) in [5.74, 6) is 0. The molecule has 2 amide bonds. The van der Waals surface area contributed by atoms with Crippen LogP contribution in [0.4, 0.5) is 16.2 Å². The molecule has 2 N–H and O–H groups in total. The van der Waals surface area contributed by atoms with Crippen molar-refractivity contribution in [2.45, 2.75) is 19.4 Å². The number of halogens is 1. The lowest BCUT2D eigenvalue weighted by Crippen LogP contribution is -2.35. The number of hydrogen-bond donors (Lipinski definition) is 2. The summed E-state index contributed by atoms with van der Waals surface area (Å²) in [7, 11) is 1.48. The van der Waals surface area contributed by atoms with E-state index >= 15 is 0 Å². The van der Waals surface area contributed by atoms with Crippen LogP contribution >= 0.6 is 11.6 Å². The highest BCUT2D eigenvalue weighted by atomic mass is 35.5. The lowest BCUT2D eigenvalue weighted by atomic mass is 10.00. The average molecular weight is 346 g/mol. The molecule has 0 saturated heterocycles. The maximum atomic E-state index is 11.6. The van der Waals surface area contributed by atoms with E-state index in [0.29, 0.717) is 10.8 Å². The highest BCUT2D eigenvalue weighted by Crippen LogP contribution is 2.31. The molecule has 0 aromatic heterocycles. The Balaban J connectivity index is 1.83. The van der Waals surface area contributed by atoms with Crippen LogP contribution in [0.5, 0.6) is 0 Å². The third-order valence-electron chi connectivity index (χ3n) is 4.22. The zero-order valence-corrected chi connectivity index (χ0v) is 14.3. The van der Waals surface area contributed by atoms with E-state index < -0.39 is 6.03 Å². The number of carbonyl (C=O) groups excluding carboxylic acids is 1. The number of benzene rings is 2. The molecule has 0 spiro atoms. The Labute approximate surface area is 146 Å². The number of anilines is 2. The number of hydrogen-bond acceptors (Lipinski definition) is 3. The minimum absolute atomic E-state index is 0.474. The van der Waals surface area contributed by atoms with Crippen molar-refractivity contribution in [2.75, 3.05) is 23.6 Å². The summed E-state index contributed by atoms with van der Waals surface area (Å²) in [4.78, 5) is 13.9. The summed E-state index contributed by atoms with van der Waals surface area (Å²) >= 11 is 5.95. The molecule has 6 heteroatoms. The van der Waals surface area contributed by atoms with Crippen molar-refractivity contribution in [1.29, 1.82) is 0 Å². The predicted octanol–water partition coefficient (Wildman–Crippen LogP) is 3.83. The van der Waals surface area contributed by atoms with E-state index in [-0.39, 0.29) is 0 Å². The second kappa shape index (κ2) is 7.11. The smallest absolute Gasteiger partial charge is 0.345 e. The Morgan fingerprint density at radius 1 is 1.29 bits per heavy atom. The lowest BCUT2D eigenvalue weighted by molar-refractivity contribution is 0.206. The van der Waals surface area contributed by atoms with E-state index in [1.807, 2.05) is 36.4 Å². The van der Waals surface area contributed by atoms with Crippen LogP contribution in [0.3, 0.4) is 0 Å². The largest absolute Gasteiger partial charge is 0.367 e. The van der Waals surface area contributed by atoms with Gasteiger partial charge in [-0.15, -0.1) is 0 Å². The van der Waals surface area contributed by atoms with Gasteiger partial charge in [0.2, 0.25) is 0 Å². The fraction of sp³-hybridized carbons (Fsp3) is 0.278. The van der Waals surface area contributed by atoms with E-state index in [0.717, 1.165) is 42.2 Å². The lowest BCUT2D eigenvalue weighted by Gasteiger charge is -2.32. The molecule has 1 aliphatic heterocycles. The summed E-state index contributed by atoms with van der Waals surface area (Å²) in [6.07, 6.45) is 1.97. The number of carbonyl (C=O) groups is 1. The summed E-state index contributed by atoms with van der Waals surface area (Å²) in [6.45, 7) is 1.79. The molecule has 1 aliphatic rings. The Morgan fingerprint density at radius 2 is 2.04 bits per heavy atom. The van der Waals surface area contributed by atoms with Gasteiger partial charge < -0.3 is 10.2 Å². The topological polar surface area (TPSA) is 55.8 Å². The van der Waals surface area contributed by atoms with Crippen LogP contribution < -0.4 is 15.3 Å². The van der Waals surface area contributed by atoms with Gasteiger partial charge in [-0.1, -0.05) is 23.7 Å². The summed E-state index contributed by atoms with van der Waals surface area (Å²) in [6, 6.07) is 12.9. The first-order chi connectivity index (χ1) is 11.6. The van der Waals surface area contributed by atoms with Crippen LogP contribution in [0.15, 0.2) is 42.5 Å². The molecule has 24 heavy (non-hydrogen) atoms. The fourth-order valence-electron chi connectivity index (χ4n) is 2.99. The van der Waals surface area contributed by atoms with Crippen molar-refractivity contribution in [3.63, 3.8) is 0 Å². The summed E-state index contributed by atoms with van der Waals surface area (Å²) in [5.41, 5.74) is 3.95. The van der Waals surface area contributed by atoms with Gasteiger partial charge in [-0.25, -0.2) is 4.79 Å². The Kier molecular flexibility index (Phi) is 4.92. The Morgan fingerprint density at radius 3 is 2.75 bits per heavy atom. The molecule has 2 aromatic carbocycles. The minimum atomic E-state index is -0.552. The number of nitrogens with one attached hydrogen (secondary N) is 1. The van der Waals surface area contributed by atoms with Gasteiger partial charge in [-0.05, 0) is 54.3 Å². The minimum Gasteiger partial charge on any atom is -0.367 e. The average Bonchev–Trinajstić information content (AvgIpc) is 2.62.